The van der Waals surface area contributed by atoms with E-state index in [1.165, 1.54) is 22.3 Å². The summed E-state index contributed by atoms with van der Waals surface area (Å²) in [6, 6.07) is 25.0. The van der Waals surface area contributed by atoms with Gasteiger partial charge in [-0.15, -0.1) is 12.4 Å². The van der Waals surface area contributed by atoms with E-state index in [9.17, 15) is 0 Å². The highest BCUT2D eigenvalue weighted by atomic mass is 35.5. The van der Waals surface area contributed by atoms with Gasteiger partial charge in [-0.3, -0.25) is 0 Å². The van der Waals surface area contributed by atoms with Gasteiger partial charge in [0.1, 0.15) is 18.1 Å². The normalized spacial score (nSPS) is 10.2. The van der Waals surface area contributed by atoms with E-state index in [1.807, 2.05) is 24.3 Å². The van der Waals surface area contributed by atoms with Crippen molar-refractivity contribution in [2.24, 2.45) is 0 Å². The lowest BCUT2D eigenvalue weighted by Gasteiger charge is -2.10. The third-order valence-electron chi connectivity index (χ3n) is 4.50. The molecule has 0 radical (unpaired) electrons. The Labute approximate surface area is 174 Å². The maximum Gasteiger partial charge on any atom is 0.120 e. The van der Waals surface area contributed by atoms with Gasteiger partial charge in [-0.05, 0) is 60.8 Å². The van der Waals surface area contributed by atoms with Crippen LogP contribution < -0.4 is 14.8 Å². The number of halogens is 1. The van der Waals surface area contributed by atoms with Crippen LogP contribution in [0.3, 0.4) is 0 Å². The minimum absolute atomic E-state index is 0. The zero-order valence-corrected chi connectivity index (χ0v) is 17.3. The second kappa shape index (κ2) is 11.4. The fourth-order valence-corrected chi connectivity index (χ4v) is 2.85. The molecule has 0 atom stereocenters. The minimum atomic E-state index is 0. The standard InChI is InChI=1S/C24H27NO2.ClH/c1-19-6-8-21(9-7-19)18-27-24-5-3-4-22(16-24)17-25-15-14-20-10-12-23(26-2)13-11-20;/h3-13,16,25H,14-15,17-18H2,1-2H3;1H. The van der Waals surface area contributed by atoms with E-state index in [1.54, 1.807) is 7.11 Å². The van der Waals surface area contributed by atoms with Crippen molar-refractivity contribution in [3.8, 4) is 11.5 Å². The Morgan fingerprint density at radius 2 is 1.50 bits per heavy atom. The van der Waals surface area contributed by atoms with Crippen LogP contribution in [0, 0.1) is 6.92 Å². The van der Waals surface area contributed by atoms with E-state index in [0.717, 1.165) is 31.0 Å². The lowest BCUT2D eigenvalue weighted by Crippen LogP contribution is -2.16. The van der Waals surface area contributed by atoms with Crippen LogP contribution in [0.1, 0.15) is 22.3 Å². The zero-order chi connectivity index (χ0) is 18.9. The van der Waals surface area contributed by atoms with Crippen molar-refractivity contribution >= 4 is 12.4 Å². The molecular formula is C24H28ClNO2. The van der Waals surface area contributed by atoms with Crippen LogP contribution in [0.25, 0.3) is 0 Å². The number of aryl methyl sites for hydroxylation is 1. The Kier molecular flexibility index (Phi) is 8.86. The summed E-state index contributed by atoms with van der Waals surface area (Å²) in [5.74, 6) is 1.80. The number of methoxy groups -OCH3 is 1. The molecule has 0 aliphatic heterocycles. The average Bonchev–Trinajstić information content (AvgIpc) is 2.71. The molecule has 28 heavy (non-hydrogen) atoms. The van der Waals surface area contributed by atoms with Gasteiger partial charge in [0.2, 0.25) is 0 Å². The van der Waals surface area contributed by atoms with Crippen LogP contribution >= 0.6 is 12.4 Å². The zero-order valence-electron chi connectivity index (χ0n) is 16.5. The van der Waals surface area contributed by atoms with Crippen LogP contribution in [0.4, 0.5) is 0 Å². The van der Waals surface area contributed by atoms with Gasteiger partial charge in [-0.2, -0.15) is 0 Å². The molecule has 148 valence electrons. The summed E-state index contributed by atoms with van der Waals surface area (Å²) in [4.78, 5) is 0. The second-order valence-corrected chi connectivity index (χ2v) is 6.70. The first-order valence-corrected chi connectivity index (χ1v) is 9.34. The minimum Gasteiger partial charge on any atom is -0.497 e. The number of ether oxygens (including phenoxy) is 2. The molecule has 3 rings (SSSR count). The average molecular weight is 398 g/mol. The van der Waals surface area contributed by atoms with E-state index in [2.05, 4.69) is 60.8 Å². The smallest absolute Gasteiger partial charge is 0.120 e. The quantitative estimate of drug-likeness (QED) is 0.494. The molecule has 0 heterocycles. The van der Waals surface area contributed by atoms with Gasteiger partial charge in [-0.1, -0.05) is 54.1 Å². The highest BCUT2D eigenvalue weighted by Crippen LogP contribution is 2.16. The molecule has 0 bridgehead atoms. The summed E-state index contributed by atoms with van der Waals surface area (Å²) >= 11 is 0. The van der Waals surface area contributed by atoms with Crippen LogP contribution in [-0.2, 0) is 19.6 Å². The summed E-state index contributed by atoms with van der Waals surface area (Å²) in [6.07, 6.45) is 0.994. The van der Waals surface area contributed by atoms with E-state index < -0.39 is 0 Å². The SMILES string of the molecule is COc1ccc(CCNCc2cccc(OCc3ccc(C)cc3)c2)cc1.Cl. The van der Waals surface area contributed by atoms with Crippen LogP contribution in [0.15, 0.2) is 72.8 Å². The molecule has 1 N–H and O–H groups in total. The molecule has 0 saturated carbocycles. The Bertz CT molecular complexity index is 832. The Balaban J connectivity index is 0.00000280. The molecule has 0 unspecified atom stereocenters. The molecule has 0 aliphatic rings. The predicted molar refractivity (Wildman–Crippen MR) is 118 cm³/mol. The van der Waals surface area contributed by atoms with Crippen LogP contribution in [0.5, 0.6) is 11.5 Å². The molecule has 3 aromatic rings. The molecule has 3 nitrogen and oxygen atoms in total. The molecule has 0 saturated heterocycles. The van der Waals surface area contributed by atoms with Crippen molar-refractivity contribution in [2.45, 2.75) is 26.5 Å². The molecule has 0 aliphatic carbocycles. The third kappa shape index (κ3) is 6.91. The van der Waals surface area contributed by atoms with Gasteiger partial charge in [0.25, 0.3) is 0 Å². The fourth-order valence-electron chi connectivity index (χ4n) is 2.85. The summed E-state index contributed by atoms with van der Waals surface area (Å²) in [5, 5.41) is 3.50. The first kappa shape index (κ1) is 21.8. The summed E-state index contributed by atoms with van der Waals surface area (Å²) in [7, 11) is 1.69. The van der Waals surface area contributed by atoms with Crippen molar-refractivity contribution in [3.63, 3.8) is 0 Å². The van der Waals surface area contributed by atoms with E-state index >= 15 is 0 Å². The number of hydrogen-bond donors (Lipinski definition) is 1. The van der Waals surface area contributed by atoms with Crippen molar-refractivity contribution in [3.05, 3.63) is 95.1 Å². The Morgan fingerprint density at radius 1 is 0.786 bits per heavy atom. The van der Waals surface area contributed by atoms with Gasteiger partial charge in [0.15, 0.2) is 0 Å². The highest BCUT2D eigenvalue weighted by Gasteiger charge is 2.00. The highest BCUT2D eigenvalue weighted by molar-refractivity contribution is 5.85. The number of benzene rings is 3. The Hall–Kier alpha value is -2.49. The number of rotatable bonds is 9. The molecule has 0 spiro atoms. The monoisotopic (exact) mass is 397 g/mol. The van der Waals surface area contributed by atoms with E-state index in [0.29, 0.717) is 6.61 Å². The van der Waals surface area contributed by atoms with Crippen molar-refractivity contribution in [2.75, 3.05) is 13.7 Å². The summed E-state index contributed by atoms with van der Waals surface area (Å²) < 4.78 is 11.1. The summed E-state index contributed by atoms with van der Waals surface area (Å²) in [6.45, 7) is 4.45. The first-order chi connectivity index (χ1) is 13.2. The molecular weight excluding hydrogens is 370 g/mol. The van der Waals surface area contributed by atoms with E-state index in [4.69, 9.17) is 9.47 Å². The second-order valence-electron chi connectivity index (χ2n) is 6.70. The lowest BCUT2D eigenvalue weighted by atomic mass is 10.1. The number of nitrogens with one attached hydrogen (secondary N) is 1. The van der Waals surface area contributed by atoms with E-state index in [-0.39, 0.29) is 12.4 Å². The molecule has 0 fully saturated rings. The number of hydrogen-bond acceptors (Lipinski definition) is 3. The van der Waals surface area contributed by atoms with Crippen molar-refractivity contribution < 1.29 is 9.47 Å². The molecule has 3 aromatic carbocycles. The fraction of sp³-hybridized carbons (Fsp3) is 0.250. The van der Waals surface area contributed by atoms with Gasteiger partial charge >= 0.3 is 0 Å². The topological polar surface area (TPSA) is 30.5 Å². The predicted octanol–water partition coefficient (Wildman–Crippen LogP) is 5.34. The summed E-state index contributed by atoms with van der Waals surface area (Å²) in [5.41, 5.74) is 4.98. The van der Waals surface area contributed by atoms with Gasteiger partial charge in [0.05, 0.1) is 7.11 Å². The Morgan fingerprint density at radius 3 is 2.21 bits per heavy atom. The van der Waals surface area contributed by atoms with Gasteiger partial charge in [-0.25, -0.2) is 0 Å². The largest absolute Gasteiger partial charge is 0.497 e. The van der Waals surface area contributed by atoms with Crippen LogP contribution in [-0.4, -0.2) is 13.7 Å². The van der Waals surface area contributed by atoms with Crippen molar-refractivity contribution in [1.29, 1.82) is 0 Å². The van der Waals surface area contributed by atoms with Crippen LogP contribution in [0.2, 0.25) is 0 Å². The third-order valence-corrected chi connectivity index (χ3v) is 4.50. The van der Waals surface area contributed by atoms with Gasteiger partial charge < -0.3 is 14.8 Å². The molecule has 4 heteroatoms. The maximum absolute atomic E-state index is 5.93. The van der Waals surface area contributed by atoms with Gasteiger partial charge in [0, 0.05) is 6.54 Å². The lowest BCUT2D eigenvalue weighted by molar-refractivity contribution is 0.306. The first-order valence-electron chi connectivity index (χ1n) is 9.34. The van der Waals surface area contributed by atoms with Crippen molar-refractivity contribution in [1.82, 2.24) is 5.32 Å². The maximum atomic E-state index is 5.93. The molecule has 0 aromatic heterocycles. The molecule has 0 amide bonds.